The molecule has 0 aromatic heterocycles. The Bertz CT molecular complexity index is 439. The van der Waals surface area contributed by atoms with Crippen LogP contribution in [0.4, 0.5) is 0 Å². The molecule has 118 valence electrons. The second kappa shape index (κ2) is 6.93. The third-order valence-corrected chi connectivity index (χ3v) is 4.02. The molecule has 21 heavy (non-hydrogen) atoms. The highest BCUT2D eigenvalue weighted by Crippen LogP contribution is 2.24. The highest BCUT2D eigenvalue weighted by atomic mass is 16.5. The van der Waals surface area contributed by atoms with Gasteiger partial charge in [0.2, 0.25) is 0 Å². The first-order chi connectivity index (χ1) is 10.0. The topological polar surface area (TPSA) is 61.9 Å². The predicted octanol–water partition coefficient (Wildman–Crippen LogP) is 1.04. The molecule has 0 spiro atoms. The quantitative estimate of drug-likeness (QED) is 0.768. The molecule has 1 amide bonds. The van der Waals surface area contributed by atoms with Gasteiger partial charge in [-0.05, 0) is 19.8 Å². The summed E-state index contributed by atoms with van der Waals surface area (Å²) in [6, 6.07) is 0.282. The number of nitrogens with one attached hydrogen (secondary N) is 1. The van der Waals surface area contributed by atoms with Crippen LogP contribution in [-0.4, -0.2) is 55.2 Å². The molecule has 2 rings (SSSR count). The van der Waals surface area contributed by atoms with Crippen molar-refractivity contribution in [3.05, 3.63) is 11.3 Å². The van der Waals surface area contributed by atoms with E-state index in [1.165, 1.54) is 19.3 Å². The Hall–Kier alpha value is -1.56. The van der Waals surface area contributed by atoms with Gasteiger partial charge in [0.15, 0.2) is 0 Å². The highest BCUT2D eigenvalue weighted by molar-refractivity contribution is 6.06. The first kappa shape index (κ1) is 15.8. The Balaban J connectivity index is 2.17. The fourth-order valence-electron chi connectivity index (χ4n) is 2.87. The molecular formula is C15H25N3O3. The van der Waals surface area contributed by atoms with Crippen LogP contribution >= 0.6 is 0 Å². The van der Waals surface area contributed by atoms with E-state index >= 15 is 0 Å². The van der Waals surface area contributed by atoms with Crippen molar-refractivity contribution in [1.82, 2.24) is 15.3 Å². The summed E-state index contributed by atoms with van der Waals surface area (Å²) >= 11 is 0. The second-order valence-corrected chi connectivity index (χ2v) is 5.76. The number of esters is 1. The van der Waals surface area contributed by atoms with Crippen LogP contribution in [0.15, 0.2) is 11.3 Å². The van der Waals surface area contributed by atoms with Gasteiger partial charge in [-0.25, -0.2) is 9.80 Å². The van der Waals surface area contributed by atoms with Crippen molar-refractivity contribution < 1.29 is 14.3 Å². The van der Waals surface area contributed by atoms with Crippen molar-refractivity contribution in [2.24, 2.45) is 0 Å². The molecule has 0 unspecified atom stereocenters. The average molecular weight is 295 g/mol. The number of amides is 1. The van der Waals surface area contributed by atoms with Crippen molar-refractivity contribution in [3.8, 4) is 0 Å². The molecular weight excluding hydrogens is 270 g/mol. The summed E-state index contributed by atoms with van der Waals surface area (Å²) in [4.78, 5) is 24.6. The Kier molecular flexibility index (Phi) is 5.22. The van der Waals surface area contributed by atoms with Gasteiger partial charge in [-0.3, -0.25) is 9.80 Å². The molecule has 6 heteroatoms. The smallest absolute Gasteiger partial charge is 0.338 e. The Labute approximate surface area is 126 Å². The monoisotopic (exact) mass is 295 g/mol. The maximum atomic E-state index is 12.5. The largest absolute Gasteiger partial charge is 0.463 e. The van der Waals surface area contributed by atoms with Crippen LogP contribution in [0.5, 0.6) is 0 Å². The van der Waals surface area contributed by atoms with Gasteiger partial charge < -0.3 is 10.1 Å². The Morgan fingerprint density at radius 3 is 2.57 bits per heavy atom. The number of nitrogens with zero attached hydrogens (tertiary/aromatic N) is 2. The van der Waals surface area contributed by atoms with E-state index in [4.69, 9.17) is 4.74 Å². The van der Waals surface area contributed by atoms with Gasteiger partial charge in [0.05, 0.1) is 18.7 Å². The standard InChI is InChI=1S/C15H25N3O3/c1-4-21-15(20)12-10-18(17(2)3)14(19)13(12)16-11-8-6-5-7-9-11/h11,16H,4-10H2,1-3H3. The minimum atomic E-state index is -0.395. The molecule has 0 bridgehead atoms. The lowest BCUT2D eigenvalue weighted by Crippen LogP contribution is -2.42. The zero-order valence-corrected chi connectivity index (χ0v) is 13.1. The van der Waals surface area contributed by atoms with Gasteiger partial charge in [0.25, 0.3) is 5.91 Å². The predicted molar refractivity (Wildman–Crippen MR) is 79.1 cm³/mol. The fraction of sp³-hybridized carbons (Fsp3) is 0.733. The summed E-state index contributed by atoms with van der Waals surface area (Å²) in [5, 5.41) is 6.56. The number of rotatable bonds is 5. The molecule has 1 aliphatic heterocycles. The summed E-state index contributed by atoms with van der Waals surface area (Å²) in [7, 11) is 3.59. The van der Waals surface area contributed by atoms with Gasteiger partial charge in [0, 0.05) is 20.1 Å². The molecule has 0 aromatic rings. The molecule has 0 saturated heterocycles. The van der Waals surface area contributed by atoms with Gasteiger partial charge >= 0.3 is 5.97 Å². The van der Waals surface area contributed by atoms with E-state index in [-0.39, 0.29) is 18.5 Å². The van der Waals surface area contributed by atoms with Crippen LogP contribution in [0.2, 0.25) is 0 Å². The fourth-order valence-corrected chi connectivity index (χ4v) is 2.87. The van der Waals surface area contributed by atoms with Crippen LogP contribution in [-0.2, 0) is 14.3 Å². The van der Waals surface area contributed by atoms with Gasteiger partial charge in [-0.15, -0.1) is 0 Å². The van der Waals surface area contributed by atoms with Crippen LogP contribution in [0, 0.1) is 0 Å². The van der Waals surface area contributed by atoms with E-state index in [1.54, 1.807) is 31.0 Å². The lowest BCUT2D eigenvalue weighted by atomic mass is 9.95. The molecule has 0 atom stereocenters. The van der Waals surface area contributed by atoms with Gasteiger partial charge in [-0.2, -0.15) is 0 Å². The summed E-state index contributed by atoms with van der Waals surface area (Å²) in [6.07, 6.45) is 5.69. The maximum Gasteiger partial charge on any atom is 0.338 e. The second-order valence-electron chi connectivity index (χ2n) is 5.76. The number of carbonyl (C=O) groups excluding carboxylic acids is 2. The summed E-state index contributed by atoms with van der Waals surface area (Å²) in [6.45, 7) is 2.36. The van der Waals surface area contributed by atoms with Crippen LogP contribution in [0.1, 0.15) is 39.0 Å². The molecule has 0 aromatic carbocycles. The molecule has 0 radical (unpaired) electrons. The van der Waals surface area contributed by atoms with Crippen LogP contribution < -0.4 is 5.32 Å². The van der Waals surface area contributed by atoms with E-state index in [0.29, 0.717) is 17.9 Å². The number of ether oxygens (including phenoxy) is 1. The molecule has 2 aliphatic rings. The van der Waals surface area contributed by atoms with Crippen LogP contribution in [0.25, 0.3) is 0 Å². The maximum absolute atomic E-state index is 12.5. The molecule has 1 N–H and O–H groups in total. The van der Waals surface area contributed by atoms with E-state index in [9.17, 15) is 9.59 Å². The van der Waals surface area contributed by atoms with Gasteiger partial charge in [0.1, 0.15) is 5.70 Å². The first-order valence-corrected chi connectivity index (χ1v) is 7.70. The van der Waals surface area contributed by atoms with Crippen molar-refractivity contribution in [3.63, 3.8) is 0 Å². The normalized spacial score (nSPS) is 20.4. The SMILES string of the molecule is CCOC(=O)C1=C(NC2CCCCC2)C(=O)N(N(C)C)C1. The molecule has 1 saturated carbocycles. The summed E-state index contributed by atoms with van der Waals surface area (Å²) in [5.41, 5.74) is 0.871. The summed E-state index contributed by atoms with van der Waals surface area (Å²) in [5.74, 6) is -0.540. The van der Waals surface area contributed by atoms with E-state index in [0.717, 1.165) is 12.8 Å². The lowest BCUT2D eigenvalue weighted by molar-refractivity contribution is -0.139. The lowest BCUT2D eigenvalue weighted by Gasteiger charge is -2.26. The van der Waals surface area contributed by atoms with Crippen molar-refractivity contribution in [1.29, 1.82) is 0 Å². The van der Waals surface area contributed by atoms with E-state index in [1.807, 2.05) is 0 Å². The first-order valence-electron chi connectivity index (χ1n) is 7.70. The third-order valence-electron chi connectivity index (χ3n) is 4.02. The van der Waals surface area contributed by atoms with Crippen molar-refractivity contribution in [2.75, 3.05) is 27.2 Å². The third kappa shape index (κ3) is 3.56. The average Bonchev–Trinajstić information content (AvgIpc) is 2.78. The number of hydrazine groups is 1. The van der Waals surface area contributed by atoms with E-state index < -0.39 is 5.97 Å². The minimum Gasteiger partial charge on any atom is -0.463 e. The van der Waals surface area contributed by atoms with E-state index in [2.05, 4.69) is 5.32 Å². The highest BCUT2D eigenvalue weighted by Gasteiger charge is 2.37. The number of hydrogen-bond acceptors (Lipinski definition) is 5. The molecule has 6 nitrogen and oxygen atoms in total. The Morgan fingerprint density at radius 2 is 2.00 bits per heavy atom. The Morgan fingerprint density at radius 1 is 1.33 bits per heavy atom. The number of carbonyl (C=O) groups is 2. The van der Waals surface area contributed by atoms with Crippen molar-refractivity contribution >= 4 is 11.9 Å². The number of hydrogen-bond donors (Lipinski definition) is 1. The molecule has 1 heterocycles. The minimum absolute atomic E-state index is 0.145. The van der Waals surface area contributed by atoms with Crippen molar-refractivity contribution in [2.45, 2.75) is 45.1 Å². The van der Waals surface area contributed by atoms with Crippen LogP contribution in [0.3, 0.4) is 0 Å². The molecule has 1 fully saturated rings. The molecule has 1 aliphatic carbocycles. The zero-order chi connectivity index (χ0) is 15.4. The summed E-state index contributed by atoms with van der Waals surface area (Å²) < 4.78 is 5.09. The van der Waals surface area contributed by atoms with Gasteiger partial charge in [-0.1, -0.05) is 19.3 Å². The zero-order valence-electron chi connectivity index (χ0n) is 13.1.